The molecule has 0 fully saturated rings. The standard InChI is InChI=1S/C11H18Br2N2/c1-3-5-9(12)6-7-11-10(13)8-14-15(11)4-2/h8-9H,3-7H2,1-2H3. The molecule has 1 rings (SSSR count). The molecule has 0 amide bonds. The summed E-state index contributed by atoms with van der Waals surface area (Å²) in [5, 5.41) is 4.31. The summed E-state index contributed by atoms with van der Waals surface area (Å²) >= 11 is 7.26. The van der Waals surface area contributed by atoms with Gasteiger partial charge in [-0.05, 0) is 42.1 Å². The molecule has 0 radical (unpaired) electrons. The Morgan fingerprint density at radius 1 is 1.40 bits per heavy atom. The molecule has 86 valence electrons. The second-order valence-corrected chi connectivity index (χ2v) is 5.83. The predicted molar refractivity (Wildman–Crippen MR) is 71.5 cm³/mol. The number of aryl methyl sites for hydroxylation is 1. The van der Waals surface area contributed by atoms with Crippen LogP contribution in [0.25, 0.3) is 0 Å². The molecule has 15 heavy (non-hydrogen) atoms. The average Bonchev–Trinajstić information content (AvgIpc) is 2.57. The molecule has 0 N–H and O–H groups in total. The highest BCUT2D eigenvalue weighted by molar-refractivity contribution is 9.10. The zero-order chi connectivity index (χ0) is 11.3. The number of hydrogen-bond donors (Lipinski definition) is 0. The third kappa shape index (κ3) is 3.91. The van der Waals surface area contributed by atoms with Gasteiger partial charge < -0.3 is 0 Å². The van der Waals surface area contributed by atoms with Gasteiger partial charge in [0.05, 0.1) is 16.4 Å². The molecule has 0 saturated heterocycles. The molecule has 0 spiro atoms. The smallest absolute Gasteiger partial charge is 0.0635 e. The number of aromatic nitrogens is 2. The zero-order valence-electron chi connectivity index (χ0n) is 9.34. The lowest BCUT2D eigenvalue weighted by molar-refractivity contribution is 0.597. The molecule has 0 aliphatic heterocycles. The summed E-state index contributed by atoms with van der Waals surface area (Å²) in [7, 11) is 0. The van der Waals surface area contributed by atoms with Crippen LogP contribution < -0.4 is 0 Å². The highest BCUT2D eigenvalue weighted by Gasteiger charge is 2.10. The van der Waals surface area contributed by atoms with Crippen molar-refractivity contribution in [2.24, 2.45) is 0 Å². The molecular weight excluding hydrogens is 320 g/mol. The van der Waals surface area contributed by atoms with E-state index in [4.69, 9.17) is 0 Å². The maximum Gasteiger partial charge on any atom is 0.0635 e. The zero-order valence-corrected chi connectivity index (χ0v) is 12.5. The molecule has 1 aromatic rings. The van der Waals surface area contributed by atoms with Crippen LogP contribution in [0.3, 0.4) is 0 Å². The summed E-state index contributed by atoms with van der Waals surface area (Å²) in [6.45, 7) is 5.29. The first-order valence-electron chi connectivity index (χ1n) is 5.53. The van der Waals surface area contributed by atoms with E-state index in [2.05, 4.69) is 55.5 Å². The van der Waals surface area contributed by atoms with Crippen molar-refractivity contribution >= 4 is 31.9 Å². The Morgan fingerprint density at radius 3 is 2.73 bits per heavy atom. The first kappa shape index (κ1) is 13.2. The topological polar surface area (TPSA) is 17.8 Å². The Kier molecular flexibility index (Phi) is 5.90. The van der Waals surface area contributed by atoms with Crippen LogP contribution in [0.5, 0.6) is 0 Å². The van der Waals surface area contributed by atoms with Crippen LogP contribution in [0.4, 0.5) is 0 Å². The van der Waals surface area contributed by atoms with E-state index in [1.165, 1.54) is 25.0 Å². The molecule has 2 nitrogen and oxygen atoms in total. The number of rotatable bonds is 6. The minimum atomic E-state index is 0.634. The molecule has 4 heteroatoms. The number of nitrogens with zero attached hydrogens (tertiary/aromatic N) is 2. The third-order valence-corrected chi connectivity index (χ3v) is 4.07. The highest BCUT2D eigenvalue weighted by Crippen LogP contribution is 2.21. The molecule has 0 saturated carbocycles. The molecule has 1 heterocycles. The fraction of sp³-hybridized carbons (Fsp3) is 0.727. The second kappa shape index (κ2) is 6.69. The van der Waals surface area contributed by atoms with Gasteiger partial charge in [0.1, 0.15) is 0 Å². The Balaban J connectivity index is 2.52. The predicted octanol–water partition coefficient (Wildman–Crippen LogP) is 4.16. The Morgan fingerprint density at radius 2 is 2.13 bits per heavy atom. The first-order chi connectivity index (χ1) is 7.19. The summed E-state index contributed by atoms with van der Waals surface area (Å²) < 4.78 is 3.20. The van der Waals surface area contributed by atoms with E-state index in [-0.39, 0.29) is 0 Å². The molecule has 1 unspecified atom stereocenters. The largest absolute Gasteiger partial charge is 0.269 e. The van der Waals surface area contributed by atoms with Crippen molar-refractivity contribution in [3.8, 4) is 0 Å². The SMILES string of the molecule is CCCC(Br)CCc1c(Br)cnn1CC. The highest BCUT2D eigenvalue weighted by atomic mass is 79.9. The maximum absolute atomic E-state index is 4.31. The van der Waals surface area contributed by atoms with Crippen LogP contribution in [-0.2, 0) is 13.0 Å². The van der Waals surface area contributed by atoms with Gasteiger partial charge in [0.25, 0.3) is 0 Å². The van der Waals surface area contributed by atoms with Crippen LogP contribution in [0.2, 0.25) is 0 Å². The lowest BCUT2D eigenvalue weighted by Crippen LogP contribution is -2.06. The summed E-state index contributed by atoms with van der Waals surface area (Å²) in [5.74, 6) is 0. The van der Waals surface area contributed by atoms with Gasteiger partial charge >= 0.3 is 0 Å². The van der Waals surface area contributed by atoms with Gasteiger partial charge in [-0.2, -0.15) is 5.10 Å². The Hall–Kier alpha value is 0.170. The van der Waals surface area contributed by atoms with Crippen LogP contribution in [0.15, 0.2) is 10.7 Å². The molecule has 0 bridgehead atoms. The molecule has 0 aromatic carbocycles. The Bertz CT molecular complexity index is 297. The van der Waals surface area contributed by atoms with Crippen molar-refractivity contribution in [3.05, 3.63) is 16.4 Å². The lowest BCUT2D eigenvalue weighted by Gasteiger charge is -2.09. The fourth-order valence-corrected chi connectivity index (χ4v) is 2.84. The first-order valence-corrected chi connectivity index (χ1v) is 7.24. The van der Waals surface area contributed by atoms with Gasteiger partial charge in [-0.1, -0.05) is 29.3 Å². The van der Waals surface area contributed by atoms with E-state index in [0.29, 0.717) is 4.83 Å². The van der Waals surface area contributed by atoms with E-state index < -0.39 is 0 Å². The van der Waals surface area contributed by atoms with Gasteiger partial charge in [0.15, 0.2) is 0 Å². The summed E-state index contributed by atoms with van der Waals surface area (Å²) in [4.78, 5) is 0.634. The van der Waals surface area contributed by atoms with Crippen LogP contribution in [0, 0.1) is 0 Å². The van der Waals surface area contributed by atoms with E-state index in [1.807, 2.05) is 6.20 Å². The van der Waals surface area contributed by atoms with Crippen molar-refractivity contribution < 1.29 is 0 Å². The van der Waals surface area contributed by atoms with Crippen molar-refractivity contribution in [1.29, 1.82) is 0 Å². The van der Waals surface area contributed by atoms with Crippen molar-refractivity contribution in [2.75, 3.05) is 0 Å². The van der Waals surface area contributed by atoms with Crippen molar-refractivity contribution in [3.63, 3.8) is 0 Å². The van der Waals surface area contributed by atoms with Crippen molar-refractivity contribution in [1.82, 2.24) is 9.78 Å². The molecule has 1 atom stereocenters. The average molecular weight is 338 g/mol. The van der Waals surface area contributed by atoms with Crippen molar-refractivity contribution in [2.45, 2.75) is 50.9 Å². The Labute approximate surface area is 109 Å². The third-order valence-electron chi connectivity index (χ3n) is 2.49. The monoisotopic (exact) mass is 336 g/mol. The minimum absolute atomic E-state index is 0.634. The van der Waals surface area contributed by atoms with E-state index in [1.54, 1.807) is 0 Å². The summed E-state index contributed by atoms with van der Waals surface area (Å²) in [6.07, 6.45) is 6.65. The second-order valence-electron chi connectivity index (χ2n) is 3.68. The molecule has 0 aliphatic carbocycles. The maximum atomic E-state index is 4.31. The van der Waals surface area contributed by atoms with E-state index in [0.717, 1.165) is 17.4 Å². The summed E-state index contributed by atoms with van der Waals surface area (Å²) in [5.41, 5.74) is 1.32. The van der Waals surface area contributed by atoms with Gasteiger partial charge in [-0.25, -0.2) is 0 Å². The number of hydrogen-bond acceptors (Lipinski definition) is 1. The van der Waals surface area contributed by atoms with E-state index >= 15 is 0 Å². The molecular formula is C11H18Br2N2. The fourth-order valence-electron chi connectivity index (χ4n) is 1.66. The molecule has 1 aromatic heterocycles. The van der Waals surface area contributed by atoms with Crippen LogP contribution in [0.1, 0.15) is 38.8 Å². The van der Waals surface area contributed by atoms with Gasteiger partial charge in [0.2, 0.25) is 0 Å². The van der Waals surface area contributed by atoms with E-state index in [9.17, 15) is 0 Å². The van der Waals surface area contributed by atoms with Crippen LogP contribution in [-0.4, -0.2) is 14.6 Å². The molecule has 0 aliphatic rings. The van der Waals surface area contributed by atoms with Crippen LogP contribution >= 0.6 is 31.9 Å². The summed E-state index contributed by atoms with van der Waals surface area (Å²) in [6, 6.07) is 0. The van der Waals surface area contributed by atoms with Gasteiger partial charge in [0, 0.05) is 11.4 Å². The normalized spacial score (nSPS) is 13.1. The van der Waals surface area contributed by atoms with Gasteiger partial charge in [-0.3, -0.25) is 4.68 Å². The minimum Gasteiger partial charge on any atom is -0.269 e. The van der Waals surface area contributed by atoms with Gasteiger partial charge in [-0.15, -0.1) is 0 Å². The number of alkyl halides is 1. The number of halogens is 2. The lowest BCUT2D eigenvalue weighted by atomic mass is 10.1. The quantitative estimate of drug-likeness (QED) is 0.712.